The number of benzene rings is 1. The predicted molar refractivity (Wildman–Crippen MR) is 87.5 cm³/mol. The van der Waals surface area contributed by atoms with Gasteiger partial charge in [-0.15, -0.1) is 0 Å². The molecular formula is C18H22N2O3. The summed E-state index contributed by atoms with van der Waals surface area (Å²) in [6.07, 6.45) is 5.13. The van der Waals surface area contributed by atoms with Crippen LogP contribution in [0.1, 0.15) is 35.2 Å². The number of fused-ring (bicyclic) bond motifs is 1. The van der Waals surface area contributed by atoms with E-state index in [-0.39, 0.29) is 17.9 Å². The summed E-state index contributed by atoms with van der Waals surface area (Å²) in [5.41, 5.74) is 1.68. The molecule has 3 rings (SSSR count). The zero-order valence-electron chi connectivity index (χ0n) is 13.2. The van der Waals surface area contributed by atoms with Crippen molar-refractivity contribution in [1.82, 2.24) is 10.2 Å². The molecule has 5 heteroatoms. The number of ether oxygens (including phenoxy) is 1. The van der Waals surface area contributed by atoms with Crippen LogP contribution in [0.15, 0.2) is 30.9 Å². The molecule has 1 aromatic carbocycles. The highest BCUT2D eigenvalue weighted by Gasteiger charge is 2.28. The van der Waals surface area contributed by atoms with Crippen molar-refractivity contribution >= 4 is 11.8 Å². The SMILES string of the molecule is C=CC(=O)N1CCCC1CNC(=O)c1cccc2c1OCCC2. The molecule has 23 heavy (non-hydrogen) atoms. The monoisotopic (exact) mass is 314 g/mol. The van der Waals surface area contributed by atoms with Gasteiger partial charge in [-0.2, -0.15) is 0 Å². The molecule has 0 aromatic heterocycles. The smallest absolute Gasteiger partial charge is 0.255 e. The van der Waals surface area contributed by atoms with Crippen molar-refractivity contribution in [3.63, 3.8) is 0 Å². The number of para-hydroxylation sites is 1. The highest BCUT2D eigenvalue weighted by molar-refractivity contribution is 5.97. The van der Waals surface area contributed by atoms with Crippen molar-refractivity contribution < 1.29 is 14.3 Å². The van der Waals surface area contributed by atoms with Gasteiger partial charge in [-0.1, -0.05) is 18.7 Å². The van der Waals surface area contributed by atoms with Crippen LogP contribution in [-0.2, 0) is 11.2 Å². The Kier molecular flexibility index (Phi) is 4.65. The fraction of sp³-hybridized carbons (Fsp3) is 0.444. The van der Waals surface area contributed by atoms with Gasteiger partial charge in [0, 0.05) is 19.1 Å². The molecule has 2 heterocycles. The molecule has 1 saturated heterocycles. The zero-order valence-corrected chi connectivity index (χ0v) is 13.2. The molecule has 1 atom stereocenters. The largest absolute Gasteiger partial charge is 0.492 e. The third-order valence-corrected chi connectivity index (χ3v) is 4.51. The van der Waals surface area contributed by atoms with Crippen LogP contribution in [0.4, 0.5) is 0 Å². The first-order valence-corrected chi connectivity index (χ1v) is 8.16. The lowest BCUT2D eigenvalue weighted by molar-refractivity contribution is -0.126. The van der Waals surface area contributed by atoms with Crippen LogP contribution in [0.25, 0.3) is 0 Å². The third-order valence-electron chi connectivity index (χ3n) is 4.51. The quantitative estimate of drug-likeness (QED) is 0.864. The van der Waals surface area contributed by atoms with E-state index in [1.165, 1.54) is 6.08 Å². The predicted octanol–water partition coefficient (Wildman–Crippen LogP) is 1.92. The summed E-state index contributed by atoms with van der Waals surface area (Å²) in [5.74, 6) is 0.505. The van der Waals surface area contributed by atoms with Gasteiger partial charge in [0.25, 0.3) is 5.91 Å². The summed E-state index contributed by atoms with van der Waals surface area (Å²) < 4.78 is 5.69. The lowest BCUT2D eigenvalue weighted by Crippen LogP contribution is -2.42. The number of hydrogen-bond donors (Lipinski definition) is 1. The Hall–Kier alpha value is -2.30. The van der Waals surface area contributed by atoms with E-state index in [1.807, 2.05) is 12.1 Å². The van der Waals surface area contributed by atoms with E-state index < -0.39 is 0 Å². The van der Waals surface area contributed by atoms with E-state index in [4.69, 9.17) is 4.74 Å². The number of aryl methyl sites for hydroxylation is 1. The van der Waals surface area contributed by atoms with E-state index in [9.17, 15) is 9.59 Å². The average molecular weight is 314 g/mol. The number of likely N-dealkylation sites (tertiary alicyclic amines) is 1. The van der Waals surface area contributed by atoms with Gasteiger partial charge >= 0.3 is 0 Å². The van der Waals surface area contributed by atoms with E-state index in [0.717, 1.165) is 37.8 Å². The summed E-state index contributed by atoms with van der Waals surface area (Å²) in [6.45, 7) is 5.38. The van der Waals surface area contributed by atoms with Crippen LogP contribution in [-0.4, -0.2) is 42.5 Å². The number of carbonyl (C=O) groups is 2. The summed E-state index contributed by atoms with van der Waals surface area (Å²) in [7, 11) is 0. The fourth-order valence-corrected chi connectivity index (χ4v) is 3.33. The number of amides is 2. The van der Waals surface area contributed by atoms with Gasteiger partial charge in [0.15, 0.2) is 0 Å². The van der Waals surface area contributed by atoms with Crippen molar-refractivity contribution in [2.24, 2.45) is 0 Å². The van der Waals surface area contributed by atoms with Crippen LogP contribution in [0.2, 0.25) is 0 Å². The highest BCUT2D eigenvalue weighted by Crippen LogP contribution is 2.28. The van der Waals surface area contributed by atoms with Gasteiger partial charge < -0.3 is 15.0 Å². The highest BCUT2D eigenvalue weighted by atomic mass is 16.5. The Bertz CT molecular complexity index is 627. The molecule has 0 spiro atoms. The van der Waals surface area contributed by atoms with Crippen LogP contribution in [0.5, 0.6) is 5.75 Å². The molecule has 1 aromatic rings. The van der Waals surface area contributed by atoms with Crippen molar-refractivity contribution in [2.45, 2.75) is 31.7 Å². The molecule has 0 aliphatic carbocycles. The summed E-state index contributed by atoms with van der Waals surface area (Å²) >= 11 is 0. The number of rotatable bonds is 4. The van der Waals surface area contributed by atoms with E-state index in [1.54, 1.807) is 11.0 Å². The molecule has 5 nitrogen and oxygen atoms in total. The Morgan fingerprint density at radius 1 is 1.39 bits per heavy atom. The summed E-state index contributed by atoms with van der Waals surface area (Å²) in [6, 6.07) is 5.74. The number of nitrogens with one attached hydrogen (secondary N) is 1. The average Bonchev–Trinajstić information content (AvgIpc) is 3.07. The molecule has 0 radical (unpaired) electrons. The molecule has 2 amide bonds. The van der Waals surface area contributed by atoms with E-state index in [2.05, 4.69) is 11.9 Å². The maximum Gasteiger partial charge on any atom is 0.255 e. The minimum Gasteiger partial charge on any atom is -0.492 e. The van der Waals surface area contributed by atoms with Crippen LogP contribution in [0, 0.1) is 0 Å². The molecule has 122 valence electrons. The van der Waals surface area contributed by atoms with E-state index in [0.29, 0.717) is 24.5 Å². The minimum absolute atomic E-state index is 0.0462. The number of nitrogens with zero attached hydrogens (tertiary/aromatic N) is 1. The lowest BCUT2D eigenvalue weighted by Gasteiger charge is -2.24. The second kappa shape index (κ2) is 6.86. The van der Waals surface area contributed by atoms with Crippen molar-refractivity contribution in [2.75, 3.05) is 19.7 Å². The minimum atomic E-state index is -0.137. The second-order valence-corrected chi connectivity index (χ2v) is 5.99. The first-order chi connectivity index (χ1) is 11.2. The summed E-state index contributed by atoms with van der Waals surface area (Å²) in [5, 5.41) is 2.95. The van der Waals surface area contributed by atoms with Gasteiger partial charge in [0.2, 0.25) is 5.91 Å². The fourth-order valence-electron chi connectivity index (χ4n) is 3.33. The molecule has 1 unspecified atom stereocenters. The topological polar surface area (TPSA) is 58.6 Å². The molecule has 0 saturated carbocycles. The Labute approximate surface area is 136 Å². The summed E-state index contributed by atoms with van der Waals surface area (Å²) in [4.78, 5) is 26.1. The standard InChI is InChI=1S/C18H22N2O3/c1-2-16(21)20-10-4-8-14(20)12-19-18(22)15-9-3-6-13-7-5-11-23-17(13)15/h2-3,6,9,14H,1,4-5,7-8,10-12H2,(H,19,22). The Morgan fingerprint density at radius 2 is 2.26 bits per heavy atom. The van der Waals surface area contributed by atoms with Gasteiger partial charge in [-0.25, -0.2) is 0 Å². The molecular weight excluding hydrogens is 292 g/mol. The van der Waals surface area contributed by atoms with Crippen molar-refractivity contribution in [3.05, 3.63) is 42.0 Å². The van der Waals surface area contributed by atoms with Crippen LogP contribution in [0.3, 0.4) is 0 Å². The molecule has 1 N–H and O–H groups in total. The normalized spacial score (nSPS) is 19.7. The molecule has 1 fully saturated rings. The third kappa shape index (κ3) is 3.23. The van der Waals surface area contributed by atoms with Crippen molar-refractivity contribution in [1.29, 1.82) is 0 Å². The number of hydrogen-bond acceptors (Lipinski definition) is 3. The van der Waals surface area contributed by atoms with Gasteiger partial charge in [0.05, 0.1) is 12.2 Å². The molecule has 2 aliphatic rings. The van der Waals surface area contributed by atoms with E-state index >= 15 is 0 Å². The van der Waals surface area contributed by atoms with Crippen LogP contribution < -0.4 is 10.1 Å². The zero-order chi connectivity index (χ0) is 16.2. The van der Waals surface area contributed by atoms with Gasteiger partial charge in [0.1, 0.15) is 5.75 Å². The molecule has 0 bridgehead atoms. The Balaban J connectivity index is 1.66. The Morgan fingerprint density at radius 3 is 3.09 bits per heavy atom. The first-order valence-electron chi connectivity index (χ1n) is 8.16. The maximum absolute atomic E-state index is 12.5. The number of carbonyl (C=O) groups excluding carboxylic acids is 2. The first kappa shape index (κ1) is 15.6. The van der Waals surface area contributed by atoms with Crippen molar-refractivity contribution in [3.8, 4) is 5.75 Å². The lowest BCUT2D eigenvalue weighted by atomic mass is 10.0. The van der Waals surface area contributed by atoms with Gasteiger partial charge in [-0.3, -0.25) is 9.59 Å². The maximum atomic E-state index is 12.5. The van der Waals surface area contributed by atoms with Gasteiger partial charge in [-0.05, 0) is 43.4 Å². The van der Waals surface area contributed by atoms with Crippen LogP contribution >= 0.6 is 0 Å². The second-order valence-electron chi connectivity index (χ2n) is 5.99. The molecule has 2 aliphatic heterocycles.